The molecule has 0 fully saturated rings. The molecule has 0 aliphatic heterocycles. The Balaban J connectivity index is 1.81. The van der Waals surface area contributed by atoms with E-state index in [0.29, 0.717) is 12.5 Å². The lowest BCUT2D eigenvalue weighted by Gasteiger charge is -2.08. The molecule has 0 N–H and O–H groups in total. The van der Waals surface area contributed by atoms with Crippen LogP contribution in [0.1, 0.15) is 19.8 Å². The largest absolute Gasteiger partial charge is 0.493 e. The Bertz CT molecular complexity index is 966. The lowest BCUT2D eigenvalue weighted by Crippen LogP contribution is -1.98. The number of rotatable bonds is 7. The van der Waals surface area contributed by atoms with Crippen LogP contribution in [0.4, 0.5) is 0 Å². The first-order valence-electron chi connectivity index (χ1n) is 9.70. The first-order chi connectivity index (χ1) is 13.9. The van der Waals surface area contributed by atoms with Crippen LogP contribution < -0.4 is 4.74 Å². The Morgan fingerprint density at radius 2 is 1.43 bits per heavy atom. The second kappa shape index (κ2) is 8.57. The first-order valence-corrected chi connectivity index (χ1v) is 9.70. The number of oxazole rings is 1. The van der Waals surface area contributed by atoms with Gasteiger partial charge in [0, 0.05) is 11.1 Å². The molecule has 4 rings (SSSR count). The van der Waals surface area contributed by atoms with E-state index < -0.39 is 0 Å². The molecule has 3 heteroatoms. The van der Waals surface area contributed by atoms with Gasteiger partial charge in [-0.1, -0.05) is 86.1 Å². The van der Waals surface area contributed by atoms with E-state index >= 15 is 0 Å². The van der Waals surface area contributed by atoms with E-state index in [9.17, 15) is 0 Å². The maximum atomic E-state index is 6.30. The second-order valence-corrected chi connectivity index (χ2v) is 6.63. The van der Waals surface area contributed by atoms with Gasteiger partial charge in [-0.05, 0) is 18.6 Å². The molecule has 0 spiro atoms. The topological polar surface area (TPSA) is 35.3 Å². The molecule has 1 aromatic heterocycles. The minimum Gasteiger partial charge on any atom is -0.493 e. The number of nitrogens with zero attached hydrogens (tertiary/aromatic N) is 1. The van der Waals surface area contributed by atoms with E-state index in [2.05, 4.69) is 19.1 Å². The van der Waals surface area contributed by atoms with E-state index in [1.807, 2.05) is 72.8 Å². The van der Waals surface area contributed by atoms with Crippen molar-refractivity contribution in [3.05, 3.63) is 84.9 Å². The quantitative estimate of drug-likeness (QED) is 0.334. The third-order valence-electron chi connectivity index (χ3n) is 4.58. The molecule has 0 aliphatic carbocycles. The normalized spacial score (nSPS) is 10.8. The summed E-state index contributed by atoms with van der Waals surface area (Å²) in [6.45, 7) is 2.84. The molecule has 1 heterocycles. The van der Waals surface area contributed by atoms with Crippen LogP contribution in [0.5, 0.6) is 5.75 Å². The molecule has 0 aliphatic rings. The van der Waals surface area contributed by atoms with Gasteiger partial charge in [0.1, 0.15) is 11.4 Å². The standard InChI is InChI=1S/C25H23NO2/c1-2-3-18-27-22-17-11-10-16-21(22)25-26-23(19-12-6-4-7-13-19)24(28-25)20-14-8-5-9-15-20/h4-17H,2-3,18H2,1H3. The lowest BCUT2D eigenvalue weighted by atomic mass is 10.1. The summed E-state index contributed by atoms with van der Waals surface area (Å²) in [5.74, 6) is 2.14. The molecule has 0 atom stereocenters. The third-order valence-corrected chi connectivity index (χ3v) is 4.58. The van der Waals surface area contributed by atoms with Gasteiger partial charge in [-0.15, -0.1) is 0 Å². The van der Waals surface area contributed by atoms with Gasteiger partial charge in [-0.25, -0.2) is 4.98 Å². The van der Waals surface area contributed by atoms with E-state index in [1.54, 1.807) is 0 Å². The molecular formula is C25H23NO2. The number of hydrogen-bond donors (Lipinski definition) is 0. The molecule has 3 nitrogen and oxygen atoms in total. The van der Waals surface area contributed by atoms with Gasteiger partial charge in [0.15, 0.2) is 5.76 Å². The summed E-state index contributed by atoms with van der Waals surface area (Å²) < 4.78 is 12.3. The van der Waals surface area contributed by atoms with Gasteiger partial charge >= 0.3 is 0 Å². The van der Waals surface area contributed by atoms with Crippen molar-refractivity contribution in [1.29, 1.82) is 0 Å². The lowest BCUT2D eigenvalue weighted by molar-refractivity contribution is 0.310. The maximum absolute atomic E-state index is 6.30. The van der Waals surface area contributed by atoms with Gasteiger partial charge < -0.3 is 9.15 Å². The van der Waals surface area contributed by atoms with Crippen LogP contribution in [0.3, 0.4) is 0 Å². The van der Waals surface area contributed by atoms with Crippen molar-refractivity contribution in [2.45, 2.75) is 19.8 Å². The van der Waals surface area contributed by atoms with Gasteiger partial charge in [-0.3, -0.25) is 0 Å². The van der Waals surface area contributed by atoms with E-state index in [1.165, 1.54) is 0 Å². The number of benzene rings is 3. The van der Waals surface area contributed by atoms with E-state index in [0.717, 1.165) is 46.7 Å². The number of ether oxygens (including phenoxy) is 1. The molecule has 0 bridgehead atoms. The molecular weight excluding hydrogens is 346 g/mol. The van der Waals surface area contributed by atoms with Crippen molar-refractivity contribution >= 4 is 0 Å². The molecule has 0 unspecified atom stereocenters. The van der Waals surface area contributed by atoms with Gasteiger partial charge in [0.25, 0.3) is 0 Å². The van der Waals surface area contributed by atoms with Crippen molar-refractivity contribution in [1.82, 2.24) is 4.98 Å². The van der Waals surface area contributed by atoms with Crippen molar-refractivity contribution < 1.29 is 9.15 Å². The van der Waals surface area contributed by atoms with Crippen LogP contribution in [0.2, 0.25) is 0 Å². The van der Waals surface area contributed by atoms with Gasteiger partial charge in [-0.2, -0.15) is 0 Å². The summed E-state index contributed by atoms with van der Waals surface area (Å²) in [4.78, 5) is 4.87. The van der Waals surface area contributed by atoms with Crippen LogP contribution in [-0.2, 0) is 0 Å². The van der Waals surface area contributed by atoms with Crippen LogP contribution in [-0.4, -0.2) is 11.6 Å². The Morgan fingerprint density at radius 1 is 0.786 bits per heavy atom. The van der Waals surface area contributed by atoms with Crippen molar-refractivity contribution in [2.24, 2.45) is 0 Å². The molecule has 0 saturated carbocycles. The van der Waals surface area contributed by atoms with Crippen LogP contribution in [0.15, 0.2) is 89.3 Å². The number of unbranched alkanes of at least 4 members (excludes halogenated alkanes) is 1. The van der Waals surface area contributed by atoms with Crippen LogP contribution in [0.25, 0.3) is 34.0 Å². The fourth-order valence-electron chi connectivity index (χ4n) is 3.11. The van der Waals surface area contributed by atoms with E-state index in [-0.39, 0.29) is 0 Å². The summed E-state index contributed by atoms with van der Waals surface area (Å²) in [6, 6.07) is 28.2. The van der Waals surface area contributed by atoms with Crippen molar-refractivity contribution in [2.75, 3.05) is 6.61 Å². The van der Waals surface area contributed by atoms with Gasteiger partial charge in [0.2, 0.25) is 5.89 Å². The maximum Gasteiger partial charge on any atom is 0.231 e. The highest BCUT2D eigenvalue weighted by Gasteiger charge is 2.19. The summed E-state index contributed by atoms with van der Waals surface area (Å²) in [5, 5.41) is 0. The average Bonchev–Trinajstić information content (AvgIpc) is 3.21. The van der Waals surface area contributed by atoms with Crippen molar-refractivity contribution in [3.8, 4) is 39.8 Å². The Labute approximate surface area is 165 Å². The number of aromatic nitrogens is 1. The smallest absolute Gasteiger partial charge is 0.231 e. The van der Waals surface area contributed by atoms with Crippen LogP contribution in [0, 0.1) is 0 Å². The summed E-state index contributed by atoms with van der Waals surface area (Å²) in [7, 11) is 0. The predicted octanol–water partition coefficient (Wildman–Crippen LogP) is 6.85. The molecule has 0 saturated heterocycles. The zero-order chi connectivity index (χ0) is 19.2. The summed E-state index contributed by atoms with van der Waals surface area (Å²) in [6.07, 6.45) is 2.11. The number of hydrogen-bond acceptors (Lipinski definition) is 3. The number of para-hydroxylation sites is 1. The Kier molecular flexibility index (Phi) is 5.53. The first kappa shape index (κ1) is 18.1. The molecule has 0 radical (unpaired) electrons. The Morgan fingerprint density at radius 3 is 2.14 bits per heavy atom. The Hall–Kier alpha value is -3.33. The molecule has 3 aromatic carbocycles. The molecule has 4 aromatic rings. The summed E-state index contributed by atoms with van der Waals surface area (Å²) >= 11 is 0. The third kappa shape index (κ3) is 3.84. The monoisotopic (exact) mass is 369 g/mol. The second-order valence-electron chi connectivity index (χ2n) is 6.63. The molecule has 28 heavy (non-hydrogen) atoms. The predicted molar refractivity (Wildman–Crippen MR) is 113 cm³/mol. The van der Waals surface area contributed by atoms with Gasteiger partial charge in [0.05, 0.1) is 12.2 Å². The minimum absolute atomic E-state index is 0.574. The SMILES string of the molecule is CCCCOc1ccccc1-c1nc(-c2ccccc2)c(-c2ccccc2)o1. The highest BCUT2D eigenvalue weighted by atomic mass is 16.5. The highest BCUT2D eigenvalue weighted by Crippen LogP contribution is 2.38. The molecule has 140 valence electrons. The molecule has 0 amide bonds. The fourth-order valence-corrected chi connectivity index (χ4v) is 3.11. The van der Waals surface area contributed by atoms with Crippen LogP contribution >= 0.6 is 0 Å². The highest BCUT2D eigenvalue weighted by molar-refractivity contribution is 5.79. The zero-order valence-corrected chi connectivity index (χ0v) is 16.0. The minimum atomic E-state index is 0.574. The van der Waals surface area contributed by atoms with Crippen molar-refractivity contribution in [3.63, 3.8) is 0 Å². The van der Waals surface area contributed by atoms with E-state index in [4.69, 9.17) is 14.1 Å². The average molecular weight is 369 g/mol. The summed E-state index contributed by atoms with van der Waals surface area (Å²) in [5.41, 5.74) is 3.74. The fraction of sp³-hybridized carbons (Fsp3) is 0.160. The zero-order valence-electron chi connectivity index (χ0n) is 16.0.